The quantitative estimate of drug-likeness (QED) is 0.838. The van der Waals surface area contributed by atoms with Gasteiger partial charge in [0.05, 0.1) is 6.61 Å². The van der Waals surface area contributed by atoms with E-state index in [1.807, 2.05) is 37.3 Å². The van der Waals surface area contributed by atoms with Crippen molar-refractivity contribution in [3.63, 3.8) is 0 Å². The average molecular weight is 247 g/mol. The Balaban J connectivity index is 1.78. The zero-order valence-electron chi connectivity index (χ0n) is 10.4. The molecule has 5 nitrogen and oxygen atoms in total. The Morgan fingerprint density at radius 3 is 2.83 bits per heavy atom. The van der Waals surface area contributed by atoms with Crippen LogP contribution in [0.1, 0.15) is 18.6 Å². The Labute approximate surface area is 106 Å². The Bertz CT molecular complexity index is 468. The van der Waals surface area contributed by atoms with Gasteiger partial charge in [-0.1, -0.05) is 23.4 Å². The largest absolute Gasteiger partial charge is 0.493 e. The predicted octanol–water partition coefficient (Wildman–Crippen LogP) is 1.58. The Morgan fingerprint density at radius 2 is 2.11 bits per heavy atom. The molecule has 0 saturated heterocycles. The molecule has 1 atom stereocenters. The lowest BCUT2D eigenvalue weighted by atomic mass is 10.2. The number of nitrogens with zero attached hydrogens (tertiary/aromatic N) is 2. The molecule has 5 heteroatoms. The number of aromatic nitrogens is 2. The molecule has 0 fully saturated rings. The van der Waals surface area contributed by atoms with Gasteiger partial charge < -0.3 is 15.0 Å². The van der Waals surface area contributed by atoms with E-state index in [0.717, 1.165) is 5.75 Å². The molecule has 1 aromatic heterocycles. The first-order valence-corrected chi connectivity index (χ1v) is 5.99. The first kappa shape index (κ1) is 12.6. The van der Waals surface area contributed by atoms with Crippen LogP contribution in [0.25, 0.3) is 0 Å². The van der Waals surface area contributed by atoms with E-state index in [2.05, 4.69) is 10.1 Å². The van der Waals surface area contributed by atoms with E-state index in [1.54, 1.807) is 0 Å². The minimum absolute atomic E-state index is 0.0267. The number of rotatable bonds is 6. The highest BCUT2D eigenvalue weighted by atomic mass is 16.5. The smallest absolute Gasteiger partial charge is 0.228 e. The van der Waals surface area contributed by atoms with Crippen LogP contribution in [0.2, 0.25) is 0 Å². The van der Waals surface area contributed by atoms with Gasteiger partial charge in [-0.2, -0.15) is 4.98 Å². The maximum Gasteiger partial charge on any atom is 0.228 e. The first-order chi connectivity index (χ1) is 8.74. The summed E-state index contributed by atoms with van der Waals surface area (Å²) in [6.07, 6.45) is 1.23. The number of nitrogens with two attached hydrogens (primary N) is 1. The van der Waals surface area contributed by atoms with Gasteiger partial charge in [0.25, 0.3) is 0 Å². The molecule has 2 aromatic rings. The molecule has 2 rings (SSSR count). The molecule has 0 bridgehead atoms. The summed E-state index contributed by atoms with van der Waals surface area (Å²) in [5, 5.41) is 3.88. The molecule has 0 aliphatic carbocycles. The summed E-state index contributed by atoms with van der Waals surface area (Å²) in [7, 11) is 0. The molecule has 2 N–H and O–H groups in total. The monoisotopic (exact) mass is 247 g/mol. The number of ether oxygens (including phenoxy) is 1. The van der Waals surface area contributed by atoms with Crippen LogP contribution in [0.3, 0.4) is 0 Å². The fraction of sp³-hybridized carbons (Fsp3) is 0.385. The minimum atomic E-state index is 0.0267. The number of benzene rings is 1. The first-order valence-electron chi connectivity index (χ1n) is 5.99. The van der Waals surface area contributed by atoms with Crippen LogP contribution < -0.4 is 10.5 Å². The van der Waals surface area contributed by atoms with Crippen LogP contribution in [0, 0.1) is 0 Å². The Morgan fingerprint density at radius 1 is 1.33 bits per heavy atom. The molecular weight excluding hydrogens is 230 g/mol. The molecule has 96 valence electrons. The second-order valence-corrected chi connectivity index (χ2v) is 4.20. The molecule has 1 aromatic carbocycles. The van der Waals surface area contributed by atoms with Crippen LogP contribution in [0.15, 0.2) is 34.9 Å². The van der Waals surface area contributed by atoms with Gasteiger partial charge in [-0.25, -0.2) is 0 Å². The van der Waals surface area contributed by atoms with Crippen molar-refractivity contribution >= 4 is 0 Å². The Hall–Kier alpha value is -1.88. The third-order valence-electron chi connectivity index (χ3n) is 2.34. The van der Waals surface area contributed by atoms with Gasteiger partial charge >= 0.3 is 0 Å². The summed E-state index contributed by atoms with van der Waals surface area (Å²) in [6.45, 7) is 2.43. The lowest BCUT2D eigenvalue weighted by Crippen LogP contribution is -2.17. The third kappa shape index (κ3) is 3.85. The second kappa shape index (κ2) is 6.16. The van der Waals surface area contributed by atoms with E-state index in [1.165, 1.54) is 0 Å². The normalized spacial score (nSPS) is 12.3. The molecule has 0 aliphatic rings. The zero-order chi connectivity index (χ0) is 12.8. The van der Waals surface area contributed by atoms with Crippen molar-refractivity contribution in [2.75, 3.05) is 6.61 Å². The zero-order valence-corrected chi connectivity index (χ0v) is 10.4. The van der Waals surface area contributed by atoms with Crippen molar-refractivity contribution in [2.24, 2.45) is 5.73 Å². The lowest BCUT2D eigenvalue weighted by Gasteiger charge is -2.02. The van der Waals surface area contributed by atoms with Crippen LogP contribution in [0.5, 0.6) is 5.75 Å². The van der Waals surface area contributed by atoms with E-state index in [0.29, 0.717) is 31.2 Å². The van der Waals surface area contributed by atoms with Gasteiger partial charge in [0, 0.05) is 18.9 Å². The highest BCUT2D eigenvalue weighted by molar-refractivity contribution is 5.20. The highest BCUT2D eigenvalue weighted by Crippen LogP contribution is 2.09. The van der Waals surface area contributed by atoms with Crippen LogP contribution in [-0.2, 0) is 12.8 Å². The summed E-state index contributed by atoms with van der Waals surface area (Å²) < 4.78 is 10.6. The van der Waals surface area contributed by atoms with Gasteiger partial charge in [0.15, 0.2) is 5.82 Å². The maximum absolute atomic E-state index is 5.66. The SMILES string of the molecule is CC(N)Cc1nc(CCOc2ccccc2)no1. The van der Waals surface area contributed by atoms with Gasteiger partial charge in [-0.3, -0.25) is 0 Å². The van der Waals surface area contributed by atoms with Gasteiger partial charge in [-0.15, -0.1) is 0 Å². The summed E-state index contributed by atoms with van der Waals surface area (Å²) >= 11 is 0. The standard InChI is InChI=1S/C13H17N3O2/c1-10(14)9-13-15-12(16-18-13)7-8-17-11-5-3-2-4-6-11/h2-6,10H,7-9,14H2,1H3. The second-order valence-electron chi connectivity index (χ2n) is 4.20. The molecule has 1 unspecified atom stereocenters. The number of hydrogen-bond acceptors (Lipinski definition) is 5. The fourth-order valence-electron chi connectivity index (χ4n) is 1.53. The topological polar surface area (TPSA) is 74.2 Å². The van der Waals surface area contributed by atoms with E-state index in [9.17, 15) is 0 Å². The van der Waals surface area contributed by atoms with Gasteiger partial charge in [0.2, 0.25) is 5.89 Å². The Kier molecular flexibility index (Phi) is 4.30. The number of para-hydroxylation sites is 1. The van der Waals surface area contributed by atoms with Crippen LogP contribution in [0.4, 0.5) is 0 Å². The van der Waals surface area contributed by atoms with E-state index in [-0.39, 0.29) is 6.04 Å². The van der Waals surface area contributed by atoms with Crippen LogP contribution in [-0.4, -0.2) is 22.8 Å². The minimum Gasteiger partial charge on any atom is -0.493 e. The molecule has 0 aliphatic heterocycles. The van der Waals surface area contributed by atoms with Crippen molar-refractivity contribution in [2.45, 2.75) is 25.8 Å². The third-order valence-corrected chi connectivity index (χ3v) is 2.34. The van der Waals surface area contributed by atoms with Crippen molar-refractivity contribution in [3.05, 3.63) is 42.0 Å². The van der Waals surface area contributed by atoms with Crippen molar-refractivity contribution < 1.29 is 9.26 Å². The van der Waals surface area contributed by atoms with Crippen molar-refractivity contribution in [1.29, 1.82) is 0 Å². The van der Waals surface area contributed by atoms with Crippen molar-refractivity contribution in [3.8, 4) is 5.75 Å². The molecule has 0 spiro atoms. The van der Waals surface area contributed by atoms with E-state index >= 15 is 0 Å². The van der Waals surface area contributed by atoms with Gasteiger partial charge in [0.1, 0.15) is 5.75 Å². The van der Waals surface area contributed by atoms with Gasteiger partial charge in [-0.05, 0) is 19.1 Å². The number of hydrogen-bond donors (Lipinski definition) is 1. The lowest BCUT2D eigenvalue weighted by molar-refractivity contribution is 0.313. The van der Waals surface area contributed by atoms with E-state index in [4.69, 9.17) is 15.0 Å². The highest BCUT2D eigenvalue weighted by Gasteiger charge is 2.08. The van der Waals surface area contributed by atoms with Crippen molar-refractivity contribution in [1.82, 2.24) is 10.1 Å². The summed E-state index contributed by atoms with van der Waals surface area (Å²) in [6, 6.07) is 9.68. The molecule has 0 radical (unpaired) electrons. The van der Waals surface area contributed by atoms with Crippen LogP contribution >= 0.6 is 0 Å². The molecule has 0 saturated carbocycles. The summed E-state index contributed by atoms with van der Waals surface area (Å²) in [5.74, 6) is 2.08. The molecule has 0 amide bonds. The summed E-state index contributed by atoms with van der Waals surface area (Å²) in [5.41, 5.74) is 5.66. The fourth-order valence-corrected chi connectivity index (χ4v) is 1.53. The average Bonchev–Trinajstić information content (AvgIpc) is 2.77. The molecule has 1 heterocycles. The molecule has 18 heavy (non-hydrogen) atoms. The summed E-state index contributed by atoms with van der Waals surface area (Å²) in [4.78, 5) is 4.24. The molecular formula is C13H17N3O2. The maximum atomic E-state index is 5.66. The predicted molar refractivity (Wildman–Crippen MR) is 67.3 cm³/mol. The van der Waals surface area contributed by atoms with E-state index < -0.39 is 0 Å².